The predicted octanol–water partition coefficient (Wildman–Crippen LogP) is 1.40. The van der Waals surface area contributed by atoms with Crippen LogP contribution in [0.5, 0.6) is 0 Å². The van der Waals surface area contributed by atoms with E-state index >= 15 is 0 Å². The zero-order valence-corrected chi connectivity index (χ0v) is 11.3. The van der Waals surface area contributed by atoms with Crippen LogP contribution in [0.1, 0.15) is 18.4 Å². The molecular weight excluding hydrogens is 240 g/mol. The second-order valence-electron chi connectivity index (χ2n) is 4.95. The minimum absolute atomic E-state index is 0.0292. The van der Waals surface area contributed by atoms with Crippen molar-refractivity contribution in [1.82, 2.24) is 4.90 Å². The van der Waals surface area contributed by atoms with Gasteiger partial charge >= 0.3 is 0 Å². The first-order valence-corrected chi connectivity index (χ1v) is 6.92. The molecule has 2 N–H and O–H groups in total. The average Bonchev–Trinajstić information content (AvgIpc) is 2.98. The molecule has 2 rings (SSSR count). The van der Waals surface area contributed by atoms with Gasteiger partial charge in [0.15, 0.2) is 0 Å². The summed E-state index contributed by atoms with van der Waals surface area (Å²) in [6.07, 6.45) is 1.68. The van der Waals surface area contributed by atoms with Crippen LogP contribution < -0.4 is 5.73 Å². The molecule has 104 valence electrons. The smallest absolute Gasteiger partial charge is 0.228 e. The molecule has 1 atom stereocenters. The molecule has 0 aliphatic carbocycles. The van der Waals surface area contributed by atoms with Crippen LogP contribution in [-0.4, -0.2) is 37.1 Å². The molecule has 0 radical (unpaired) electrons. The third-order valence-electron chi connectivity index (χ3n) is 3.44. The number of hydrogen-bond acceptors (Lipinski definition) is 3. The summed E-state index contributed by atoms with van der Waals surface area (Å²) >= 11 is 0. The molecule has 1 fully saturated rings. The Hall–Kier alpha value is -1.39. The molecule has 1 aliphatic heterocycles. The highest BCUT2D eigenvalue weighted by Gasteiger charge is 2.27. The Morgan fingerprint density at radius 2 is 2.16 bits per heavy atom. The van der Waals surface area contributed by atoms with Crippen LogP contribution in [0.4, 0.5) is 0 Å². The van der Waals surface area contributed by atoms with Gasteiger partial charge in [-0.15, -0.1) is 0 Å². The van der Waals surface area contributed by atoms with E-state index in [1.807, 2.05) is 35.2 Å². The first-order valence-electron chi connectivity index (χ1n) is 6.92. The quantitative estimate of drug-likeness (QED) is 0.843. The van der Waals surface area contributed by atoms with Crippen molar-refractivity contribution in [2.45, 2.75) is 19.4 Å². The summed E-state index contributed by atoms with van der Waals surface area (Å²) in [5.74, 6) is 0.233. The van der Waals surface area contributed by atoms with Crippen LogP contribution >= 0.6 is 0 Å². The summed E-state index contributed by atoms with van der Waals surface area (Å²) in [7, 11) is 0. The summed E-state index contributed by atoms with van der Waals surface area (Å²) < 4.78 is 5.31. The van der Waals surface area contributed by atoms with Gasteiger partial charge in [0.2, 0.25) is 5.91 Å². The number of benzene rings is 1. The Bertz CT molecular complexity index is 388. The van der Waals surface area contributed by atoms with Crippen LogP contribution in [0, 0.1) is 5.92 Å². The molecule has 1 amide bonds. The van der Waals surface area contributed by atoms with E-state index in [2.05, 4.69) is 0 Å². The van der Waals surface area contributed by atoms with Crippen molar-refractivity contribution in [1.29, 1.82) is 0 Å². The van der Waals surface area contributed by atoms with Crippen molar-refractivity contribution in [3.63, 3.8) is 0 Å². The van der Waals surface area contributed by atoms with Gasteiger partial charge in [0.05, 0.1) is 12.5 Å². The average molecular weight is 262 g/mol. The fourth-order valence-corrected chi connectivity index (χ4v) is 2.34. The van der Waals surface area contributed by atoms with Crippen molar-refractivity contribution < 1.29 is 9.53 Å². The third-order valence-corrected chi connectivity index (χ3v) is 3.44. The lowest BCUT2D eigenvalue weighted by molar-refractivity contribution is -0.136. The highest BCUT2D eigenvalue weighted by Crippen LogP contribution is 2.17. The molecule has 0 aromatic heterocycles. The van der Waals surface area contributed by atoms with Gasteiger partial charge in [-0.05, 0) is 24.9 Å². The Morgan fingerprint density at radius 1 is 1.37 bits per heavy atom. The van der Waals surface area contributed by atoms with Crippen molar-refractivity contribution in [2.24, 2.45) is 11.7 Å². The van der Waals surface area contributed by atoms with Gasteiger partial charge in [0, 0.05) is 19.7 Å². The standard InChI is InChI=1S/C15H22N2O2/c16-8-4-9-17(11-13-5-2-1-3-6-13)15(18)14-7-10-19-12-14/h1-3,5-6,14H,4,7-12,16H2. The van der Waals surface area contributed by atoms with Crippen LogP contribution in [-0.2, 0) is 16.1 Å². The zero-order valence-electron chi connectivity index (χ0n) is 11.3. The normalized spacial score (nSPS) is 18.5. The number of nitrogens with zero attached hydrogens (tertiary/aromatic N) is 1. The van der Waals surface area contributed by atoms with Gasteiger partial charge < -0.3 is 15.4 Å². The molecule has 1 aromatic rings. The maximum atomic E-state index is 12.5. The van der Waals surface area contributed by atoms with Crippen LogP contribution in [0.3, 0.4) is 0 Å². The fraction of sp³-hybridized carbons (Fsp3) is 0.533. The second kappa shape index (κ2) is 7.26. The predicted molar refractivity (Wildman–Crippen MR) is 74.5 cm³/mol. The number of carbonyl (C=O) groups excluding carboxylic acids is 1. The number of ether oxygens (including phenoxy) is 1. The van der Waals surface area contributed by atoms with E-state index in [0.717, 1.165) is 24.9 Å². The Labute approximate surface area is 114 Å². The molecule has 19 heavy (non-hydrogen) atoms. The van der Waals surface area contributed by atoms with E-state index in [1.54, 1.807) is 0 Å². The maximum absolute atomic E-state index is 12.5. The fourth-order valence-electron chi connectivity index (χ4n) is 2.34. The summed E-state index contributed by atoms with van der Waals surface area (Å²) in [6, 6.07) is 10.1. The van der Waals surface area contributed by atoms with Crippen molar-refractivity contribution in [2.75, 3.05) is 26.3 Å². The third kappa shape index (κ3) is 4.04. The lowest BCUT2D eigenvalue weighted by Gasteiger charge is -2.25. The van der Waals surface area contributed by atoms with Gasteiger partial charge in [-0.1, -0.05) is 30.3 Å². The van der Waals surface area contributed by atoms with Gasteiger partial charge in [-0.3, -0.25) is 4.79 Å². The van der Waals surface area contributed by atoms with Gasteiger partial charge in [0.25, 0.3) is 0 Å². The first kappa shape index (κ1) is 14.0. The van der Waals surface area contributed by atoms with Crippen LogP contribution in [0.25, 0.3) is 0 Å². The lowest BCUT2D eigenvalue weighted by Crippen LogP contribution is -2.37. The van der Waals surface area contributed by atoms with Gasteiger partial charge in [0.1, 0.15) is 0 Å². The number of amides is 1. The first-order chi connectivity index (χ1) is 9.31. The highest BCUT2D eigenvalue weighted by molar-refractivity contribution is 5.79. The highest BCUT2D eigenvalue weighted by atomic mass is 16.5. The SMILES string of the molecule is NCCCN(Cc1ccccc1)C(=O)C1CCOC1. The largest absolute Gasteiger partial charge is 0.381 e. The summed E-state index contributed by atoms with van der Waals surface area (Å²) in [5, 5.41) is 0. The lowest BCUT2D eigenvalue weighted by atomic mass is 10.1. The number of nitrogens with two attached hydrogens (primary N) is 1. The van der Waals surface area contributed by atoms with Gasteiger partial charge in [-0.25, -0.2) is 0 Å². The molecule has 1 saturated heterocycles. The molecule has 1 aromatic carbocycles. The second-order valence-corrected chi connectivity index (χ2v) is 4.95. The van der Waals surface area contributed by atoms with Crippen molar-refractivity contribution >= 4 is 5.91 Å². The molecule has 1 aliphatic rings. The molecular formula is C15H22N2O2. The Kier molecular flexibility index (Phi) is 5.36. The zero-order chi connectivity index (χ0) is 13.5. The molecule has 4 nitrogen and oxygen atoms in total. The number of hydrogen-bond donors (Lipinski definition) is 1. The molecule has 1 unspecified atom stereocenters. The minimum atomic E-state index is 0.0292. The van der Waals surface area contributed by atoms with Crippen LogP contribution in [0.2, 0.25) is 0 Å². The Morgan fingerprint density at radius 3 is 2.79 bits per heavy atom. The number of rotatable bonds is 6. The van der Waals surface area contributed by atoms with E-state index in [9.17, 15) is 4.79 Å². The molecule has 0 bridgehead atoms. The molecule has 0 saturated carbocycles. The summed E-state index contributed by atoms with van der Waals surface area (Å²) in [5.41, 5.74) is 6.72. The van der Waals surface area contributed by atoms with E-state index in [4.69, 9.17) is 10.5 Å². The Balaban J connectivity index is 2.00. The monoisotopic (exact) mass is 262 g/mol. The van der Waals surface area contributed by atoms with E-state index in [0.29, 0.717) is 26.3 Å². The van der Waals surface area contributed by atoms with Crippen molar-refractivity contribution in [3.8, 4) is 0 Å². The van der Waals surface area contributed by atoms with E-state index < -0.39 is 0 Å². The van der Waals surface area contributed by atoms with Gasteiger partial charge in [-0.2, -0.15) is 0 Å². The number of carbonyl (C=O) groups is 1. The van der Waals surface area contributed by atoms with Crippen molar-refractivity contribution in [3.05, 3.63) is 35.9 Å². The summed E-state index contributed by atoms with van der Waals surface area (Å²) in [6.45, 7) is 3.26. The van der Waals surface area contributed by atoms with Crippen LogP contribution in [0.15, 0.2) is 30.3 Å². The molecule has 0 spiro atoms. The topological polar surface area (TPSA) is 55.6 Å². The van der Waals surface area contributed by atoms with E-state index in [1.165, 1.54) is 0 Å². The summed E-state index contributed by atoms with van der Waals surface area (Å²) in [4.78, 5) is 14.4. The van der Waals surface area contributed by atoms with E-state index in [-0.39, 0.29) is 11.8 Å². The molecule has 4 heteroatoms. The molecule has 1 heterocycles. The maximum Gasteiger partial charge on any atom is 0.228 e. The minimum Gasteiger partial charge on any atom is -0.381 e.